The second-order valence-corrected chi connectivity index (χ2v) is 8.90. The van der Waals surface area contributed by atoms with Gasteiger partial charge in [-0.3, -0.25) is 14.5 Å². The number of unbranched alkanes of at least 4 members (excludes halogenated alkanes) is 1. The van der Waals surface area contributed by atoms with E-state index in [9.17, 15) is 9.59 Å². The van der Waals surface area contributed by atoms with Crippen LogP contribution in [0.3, 0.4) is 0 Å². The second-order valence-electron chi connectivity index (χ2n) is 8.90. The highest BCUT2D eigenvalue weighted by atomic mass is 16.2. The van der Waals surface area contributed by atoms with Gasteiger partial charge >= 0.3 is 0 Å². The molecule has 0 unspecified atom stereocenters. The van der Waals surface area contributed by atoms with E-state index in [1.54, 1.807) is 0 Å². The average Bonchev–Trinajstić information content (AvgIpc) is 3.04. The molecule has 0 N–H and O–H groups in total. The fraction of sp³-hybridized carbons (Fsp3) is 0.407. The number of carbonyl (C=O) groups is 2. The van der Waals surface area contributed by atoms with E-state index in [1.165, 1.54) is 21.7 Å². The Bertz CT molecular complexity index is 1050. The summed E-state index contributed by atoms with van der Waals surface area (Å²) in [6.07, 6.45) is 1.77. The molecule has 0 atom stereocenters. The van der Waals surface area contributed by atoms with Crippen LogP contribution in [0.4, 0.5) is 5.69 Å². The molecule has 4 rings (SSSR count). The number of hydrogen-bond acceptors (Lipinski definition) is 4. The van der Waals surface area contributed by atoms with Crippen LogP contribution in [0.2, 0.25) is 0 Å². The lowest BCUT2D eigenvalue weighted by Gasteiger charge is -2.38. The molecule has 0 aromatic heterocycles. The minimum absolute atomic E-state index is 0.140. The Labute approximate surface area is 191 Å². The van der Waals surface area contributed by atoms with E-state index >= 15 is 0 Å². The maximum Gasteiger partial charge on any atom is 0.277 e. The number of anilines is 1. The quantitative estimate of drug-likeness (QED) is 0.639. The third-order valence-electron chi connectivity index (χ3n) is 6.73. The first-order valence-corrected chi connectivity index (χ1v) is 11.7. The van der Waals surface area contributed by atoms with E-state index in [-0.39, 0.29) is 11.8 Å². The van der Waals surface area contributed by atoms with Crippen LogP contribution in [0.1, 0.15) is 42.0 Å². The van der Waals surface area contributed by atoms with Crippen molar-refractivity contribution < 1.29 is 9.59 Å². The van der Waals surface area contributed by atoms with Gasteiger partial charge in [0.2, 0.25) is 0 Å². The standard InChI is InChI=1S/C27H33N3O2/c1-5-6-14-30-26(31)24(22-12-10-19(2)11-13-22)25(27(30)32)29-17-15-28(16-18-29)23-9-7-8-20(3)21(23)4/h7-13H,5-6,14-18H2,1-4H3. The van der Waals surface area contributed by atoms with Gasteiger partial charge in [-0.25, -0.2) is 0 Å². The van der Waals surface area contributed by atoms with Crippen molar-refractivity contribution in [3.63, 3.8) is 0 Å². The molecule has 168 valence electrons. The SMILES string of the molecule is CCCCN1C(=O)C(c2ccc(C)cc2)=C(N2CCN(c3cccc(C)c3C)CC2)C1=O. The molecule has 0 spiro atoms. The molecule has 0 radical (unpaired) electrons. The molecule has 2 aliphatic rings. The van der Waals surface area contributed by atoms with E-state index < -0.39 is 0 Å². The summed E-state index contributed by atoms with van der Waals surface area (Å²) in [5.74, 6) is -0.293. The normalized spacial score (nSPS) is 17.1. The Morgan fingerprint density at radius 3 is 2.12 bits per heavy atom. The summed E-state index contributed by atoms with van der Waals surface area (Å²) >= 11 is 0. The van der Waals surface area contributed by atoms with Crippen LogP contribution in [-0.4, -0.2) is 54.3 Å². The zero-order valence-corrected chi connectivity index (χ0v) is 19.6. The van der Waals surface area contributed by atoms with Crippen molar-refractivity contribution in [3.8, 4) is 0 Å². The van der Waals surface area contributed by atoms with Gasteiger partial charge in [-0.2, -0.15) is 0 Å². The average molecular weight is 432 g/mol. The fourth-order valence-corrected chi connectivity index (χ4v) is 4.61. The van der Waals surface area contributed by atoms with Gasteiger partial charge in [-0.1, -0.05) is 55.3 Å². The van der Waals surface area contributed by atoms with E-state index in [0.717, 1.165) is 50.1 Å². The van der Waals surface area contributed by atoms with Crippen LogP contribution in [0, 0.1) is 20.8 Å². The lowest BCUT2D eigenvalue weighted by Crippen LogP contribution is -2.48. The third-order valence-corrected chi connectivity index (χ3v) is 6.73. The molecule has 2 amide bonds. The first kappa shape index (κ1) is 22.1. The molecular weight excluding hydrogens is 398 g/mol. The molecule has 32 heavy (non-hydrogen) atoms. The van der Waals surface area contributed by atoms with Gasteiger partial charge in [-0.15, -0.1) is 0 Å². The monoisotopic (exact) mass is 431 g/mol. The molecule has 5 heteroatoms. The molecule has 2 heterocycles. The first-order chi connectivity index (χ1) is 15.4. The highest BCUT2D eigenvalue weighted by Gasteiger charge is 2.41. The van der Waals surface area contributed by atoms with Crippen molar-refractivity contribution in [1.29, 1.82) is 0 Å². The van der Waals surface area contributed by atoms with Gasteiger partial charge in [0.05, 0.1) is 5.57 Å². The highest BCUT2D eigenvalue weighted by molar-refractivity contribution is 6.35. The topological polar surface area (TPSA) is 43.9 Å². The first-order valence-electron chi connectivity index (χ1n) is 11.7. The molecule has 0 bridgehead atoms. The summed E-state index contributed by atoms with van der Waals surface area (Å²) < 4.78 is 0. The summed E-state index contributed by atoms with van der Waals surface area (Å²) in [6, 6.07) is 14.4. The molecule has 1 fully saturated rings. The predicted molar refractivity (Wildman–Crippen MR) is 129 cm³/mol. The van der Waals surface area contributed by atoms with Gasteiger partial charge in [0.15, 0.2) is 0 Å². The van der Waals surface area contributed by atoms with Crippen molar-refractivity contribution in [2.45, 2.75) is 40.5 Å². The number of benzene rings is 2. The Morgan fingerprint density at radius 2 is 1.47 bits per heavy atom. The van der Waals surface area contributed by atoms with Crippen molar-refractivity contribution in [3.05, 3.63) is 70.4 Å². The van der Waals surface area contributed by atoms with Gasteiger partial charge in [-0.05, 0) is 49.9 Å². The Balaban J connectivity index is 1.63. The number of hydrogen-bond donors (Lipinski definition) is 0. The predicted octanol–water partition coefficient (Wildman–Crippen LogP) is 4.31. The molecule has 5 nitrogen and oxygen atoms in total. The Kier molecular flexibility index (Phi) is 6.35. The van der Waals surface area contributed by atoms with E-state index in [2.05, 4.69) is 48.8 Å². The highest BCUT2D eigenvalue weighted by Crippen LogP contribution is 2.33. The van der Waals surface area contributed by atoms with Crippen LogP contribution < -0.4 is 4.90 Å². The lowest BCUT2D eigenvalue weighted by atomic mass is 10.0. The smallest absolute Gasteiger partial charge is 0.277 e. The minimum Gasteiger partial charge on any atom is -0.368 e. The lowest BCUT2D eigenvalue weighted by molar-refractivity contribution is -0.137. The number of rotatable bonds is 6. The van der Waals surface area contributed by atoms with Gasteiger partial charge < -0.3 is 9.80 Å². The molecule has 2 aliphatic heterocycles. The number of aryl methyl sites for hydroxylation is 2. The Hall–Kier alpha value is -3.08. The molecule has 2 aromatic carbocycles. The van der Waals surface area contributed by atoms with Crippen LogP contribution in [0.5, 0.6) is 0 Å². The Morgan fingerprint density at radius 1 is 0.812 bits per heavy atom. The summed E-state index contributed by atoms with van der Waals surface area (Å²) in [7, 11) is 0. The third kappa shape index (κ3) is 4.04. The summed E-state index contributed by atoms with van der Waals surface area (Å²) in [5.41, 5.74) is 6.96. The largest absolute Gasteiger partial charge is 0.368 e. The fourth-order valence-electron chi connectivity index (χ4n) is 4.61. The van der Waals surface area contributed by atoms with Gasteiger partial charge in [0.25, 0.3) is 11.8 Å². The number of amides is 2. The summed E-state index contributed by atoms with van der Waals surface area (Å²) in [5, 5.41) is 0. The molecular formula is C27H33N3O2. The van der Waals surface area contributed by atoms with E-state index in [0.29, 0.717) is 17.8 Å². The van der Waals surface area contributed by atoms with Crippen molar-refractivity contribution >= 4 is 23.1 Å². The van der Waals surface area contributed by atoms with Crippen LogP contribution in [-0.2, 0) is 9.59 Å². The molecule has 0 saturated carbocycles. The van der Waals surface area contributed by atoms with Crippen molar-refractivity contribution in [2.24, 2.45) is 0 Å². The van der Waals surface area contributed by atoms with Crippen molar-refractivity contribution in [2.75, 3.05) is 37.6 Å². The van der Waals surface area contributed by atoms with Crippen LogP contribution in [0.25, 0.3) is 5.57 Å². The molecule has 2 aromatic rings. The number of carbonyl (C=O) groups excluding carboxylic acids is 2. The maximum absolute atomic E-state index is 13.4. The number of imide groups is 1. The van der Waals surface area contributed by atoms with Crippen LogP contribution >= 0.6 is 0 Å². The molecule has 1 saturated heterocycles. The number of nitrogens with zero attached hydrogens (tertiary/aromatic N) is 3. The van der Waals surface area contributed by atoms with Crippen molar-refractivity contribution in [1.82, 2.24) is 9.80 Å². The van der Waals surface area contributed by atoms with Gasteiger partial charge in [0.1, 0.15) is 5.70 Å². The summed E-state index contributed by atoms with van der Waals surface area (Å²) in [6.45, 7) is 12.0. The zero-order chi connectivity index (χ0) is 22.8. The zero-order valence-electron chi connectivity index (χ0n) is 19.6. The van der Waals surface area contributed by atoms with Crippen LogP contribution in [0.15, 0.2) is 48.2 Å². The van der Waals surface area contributed by atoms with E-state index in [1.807, 2.05) is 31.2 Å². The number of piperazine rings is 1. The maximum atomic E-state index is 13.4. The van der Waals surface area contributed by atoms with Gasteiger partial charge in [0, 0.05) is 38.4 Å². The molecule has 0 aliphatic carbocycles. The minimum atomic E-state index is -0.153. The second kappa shape index (κ2) is 9.19. The van der Waals surface area contributed by atoms with E-state index in [4.69, 9.17) is 0 Å². The summed E-state index contributed by atoms with van der Waals surface area (Å²) in [4.78, 5) is 32.7.